The molecule has 0 saturated heterocycles. The van der Waals surface area contributed by atoms with Crippen LogP contribution in [0.4, 0.5) is 0 Å². The molecule has 0 amide bonds. The molecule has 0 bridgehead atoms. The van der Waals surface area contributed by atoms with E-state index < -0.39 is 5.41 Å². The van der Waals surface area contributed by atoms with Crippen LogP contribution < -0.4 is 0 Å². The van der Waals surface area contributed by atoms with Crippen molar-refractivity contribution >= 4 is 0 Å². The predicted molar refractivity (Wildman–Crippen MR) is 238 cm³/mol. The van der Waals surface area contributed by atoms with Gasteiger partial charge in [-0.05, 0) is 121 Å². The Morgan fingerprint density at radius 3 is 0.930 bits per heavy atom. The molecule has 0 atom stereocenters. The fourth-order valence-corrected chi connectivity index (χ4v) is 8.07. The molecule has 8 rings (SSSR count). The first kappa shape index (κ1) is 36.0. The van der Waals surface area contributed by atoms with Crippen molar-refractivity contribution in [2.24, 2.45) is 0 Å². The highest BCUT2D eigenvalue weighted by atomic mass is 14.4. The Hall–Kier alpha value is -8.00. The van der Waals surface area contributed by atoms with Crippen molar-refractivity contribution in [1.29, 1.82) is 0 Å². The molecular formula is C57H36. The van der Waals surface area contributed by atoms with Gasteiger partial charge in [0, 0.05) is 22.3 Å². The van der Waals surface area contributed by atoms with Crippen molar-refractivity contribution in [3.8, 4) is 93.9 Å². The van der Waals surface area contributed by atoms with E-state index in [0.29, 0.717) is 0 Å². The predicted octanol–water partition coefficient (Wildman–Crippen LogP) is 12.7. The first-order valence-electron chi connectivity index (χ1n) is 18.7. The fraction of sp³-hybridized carbons (Fsp3) is 0.0175. The summed E-state index contributed by atoms with van der Waals surface area (Å²) in [6.45, 7) is 0. The number of terminal acetylenes is 4. The topological polar surface area (TPSA) is 0 Å². The van der Waals surface area contributed by atoms with Crippen LogP contribution >= 0.6 is 0 Å². The summed E-state index contributed by atoms with van der Waals surface area (Å²) >= 11 is 0. The van der Waals surface area contributed by atoms with Crippen molar-refractivity contribution in [2.75, 3.05) is 0 Å². The number of hydrogen-bond acceptors (Lipinski definition) is 0. The summed E-state index contributed by atoms with van der Waals surface area (Å²) in [5.41, 5.74) is 15.1. The largest absolute Gasteiger partial charge is 0.115 e. The quantitative estimate of drug-likeness (QED) is 0.108. The second kappa shape index (κ2) is 15.8. The van der Waals surface area contributed by atoms with Crippen LogP contribution in [-0.2, 0) is 5.41 Å². The number of benzene rings is 8. The molecule has 0 N–H and O–H groups in total. The summed E-state index contributed by atoms with van der Waals surface area (Å²) < 4.78 is 0. The minimum Gasteiger partial charge on any atom is -0.115 e. The second-order valence-corrected chi connectivity index (χ2v) is 13.8. The van der Waals surface area contributed by atoms with Gasteiger partial charge in [0.05, 0.1) is 5.41 Å². The fourth-order valence-electron chi connectivity index (χ4n) is 8.07. The maximum absolute atomic E-state index is 5.95. The lowest BCUT2D eigenvalue weighted by Gasteiger charge is -2.40. The van der Waals surface area contributed by atoms with E-state index in [1.807, 2.05) is 48.5 Å². The molecule has 57 heavy (non-hydrogen) atoms. The molecule has 264 valence electrons. The van der Waals surface area contributed by atoms with Crippen LogP contribution in [0.25, 0.3) is 44.5 Å². The lowest BCUT2D eigenvalue weighted by molar-refractivity contribution is 0.748. The Morgan fingerprint density at radius 2 is 0.596 bits per heavy atom. The Morgan fingerprint density at radius 1 is 0.298 bits per heavy atom. The molecule has 0 saturated carbocycles. The number of rotatable bonds is 8. The van der Waals surface area contributed by atoms with E-state index >= 15 is 0 Å². The second-order valence-electron chi connectivity index (χ2n) is 13.8. The molecular weight excluding hydrogens is 685 g/mol. The van der Waals surface area contributed by atoms with Gasteiger partial charge in [0.1, 0.15) is 0 Å². The van der Waals surface area contributed by atoms with Crippen LogP contribution in [0.5, 0.6) is 0 Å². The molecule has 8 aromatic carbocycles. The van der Waals surface area contributed by atoms with Gasteiger partial charge in [-0.1, -0.05) is 163 Å². The van der Waals surface area contributed by atoms with Crippen molar-refractivity contribution < 1.29 is 0 Å². The van der Waals surface area contributed by atoms with Crippen LogP contribution in [-0.4, -0.2) is 0 Å². The maximum atomic E-state index is 5.95. The van der Waals surface area contributed by atoms with E-state index in [-0.39, 0.29) is 0 Å². The highest BCUT2D eigenvalue weighted by Crippen LogP contribution is 2.55. The van der Waals surface area contributed by atoms with Gasteiger partial charge in [-0.25, -0.2) is 0 Å². The normalized spacial score (nSPS) is 10.7. The summed E-state index contributed by atoms with van der Waals surface area (Å²) in [5.74, 6) is 11.2. The van der Waals surface area contributed by atoms with Gasteiger partial charge in [-0.2, -0.15) is 0 Å². The third-order valence-electron chi connectivity index (χ3n) is 10.7. The zero-order valence-electron chi connectivity index (χ0n) is 31.3. The van der Waals surface area contributed by atoms with Gasteiger partial charge in [-0.15, -0.1) is 25.7 Å². The van der Waals surface area contributed by atoms with Gasteiger partial charge < -0.3 is 0 Å². The molecule has 0 heteroatoms. The molecule has 0 aliphatic rings. The molecule has 0 aromatic heterocycles. The standard InChI is InChI=1S/C57H36/c1-5-41-24-32-45(33-25-41)52-40-53(57(49-18-12-9-13-19-49,50-20-14-10-15-21-50)51-22-16-11-17-23-51)55(47-36-28-43(7-3)29-37-47)56(48-38-30-44(8-4)31-39-48)54(52)46-34-26-42(6-2)27-35-46/h1-4,9-40H. The minimum atomic E-state index is -0.809. The SMILES string of the molecule is C#Cc1ccc(-c2cc(C(c3ccccc3)(c3ccccc3)c3ccccc3)c(-c3ccc(C#C)cc3)c(-c3ccc(C#C)cc3)c2-c2ccc(C#C)cc2)cc1. The summed E-state index contributed by atoms with van der Waals surface area (Å²) in [6.07, 6.45) is 23.7. The van der Waals surface area contributed by atoms with Crippen molar-refractivity contribution in [2.45, 2.75) is 5.41 Å². The van der Waals surface area contributed by atoms with E-state index in [9.17, 15) is 0 Å². The smallest absolute Gasteiger partial charge is 0.0708 e. The molecule has 0 unspecified atom stereocenters. The average molecular weight is 721 g/mol. The van der Waals surface area contributed by atoms with Gasteiger partial charge in [-0.3, -0.25) is 0 Å². The van der Waals surface area contributed by atoms with Crippen molar-refractivity contribution in [3.63, 3.8) is 0 Å². The Bertz CT molecular complexity index is 2750. The number of hydrogen-bond donors (Lipinski definition) is 0. The van der Waals surface area contributed by atoms with Crippen LogP contribution in [0.15, 0.2) is 194 Å². The third-order valence-corrected chi connectivity index (χ3v) is 10.7. The van der Waals surface area contributed by atoms with Gasteiger partial charge in [0.15, 0.2) is 0 Å². The van der Waals surface area contributed by atoms with Crippen LogP contribution in [0.3, 0.4) is 0 Å². The van der Waals surface area contributed by atoms with Crippen LogP contribution in [0, 0.1) is 49.4 Å². The summed E-state index contributed by atoms with van der Waals surface area (Å²) in [7, 11) is 0. The lowest BCUT2D eigenvalue weighted by atomic mass is 9.61. The minimum absolute atomic E-state index is 0.798. The monoisotopic (exact) mass is 720 g/mol. The Labute approximate surface area is 336 Å². The first-order valence-corrected chi connectivity index (χ1v) is 18.7. The summed E-state index contributed by atoms with van der Waals surface area (Å²) in [5, 5.41) is 0. The van der Waals surface area contributed by atoms with E-state index in [1.165, 1.54) is 0 Å². The van der Waals surface area contributed by atoms with E-state index in [4.69, 9.17) is 25.7 Å². The highest BCUT2D eigenvalue weighted by molar-refractivity contribution is 6.04. The van der Waals surface area contributed by atoms with Gasteiger partial charge >= 0.3 is 0 Å². The molecule has 0 aliphatic carbocycles. The molecule has 0 fully saturated rings. The summed E-state index contributed by atoms with van der Waals surface area (Å²) in [4.78, 5) is 0. The highest BCUT2D eigenvalue weighted by Gasteiger charge is 2.42. The zero-order valence-corrected chi connectivity index (χ0v) is 31.3. The Balaban J connectivity index is 1.68. The average Bonchev–Trinajstić information content (AvgIpc) is 3.30. The van der Waals surface area contributed by atoms with E-state index in [2.05, 4.69) is 169 Å². The van der Waals surface area contributed by atoms with Gasteiger partial charge in [0.2, 0.25) is 0 Å². The van der Waals surface area contributed by atoms with Crippen LogP contribution in [0.2, 0.25) is 0 Å². The molecule has 0 spiro atoms. The maximum Gasteiger partial charge on any atom is 0.0708 e. The van der Waals surface area contributed by atoms with Crippen molar-refractivity contribution in [3.05, 3.63) is 239 Å². The molecule has 0 nitrogen and oxygen atoms in total. The first-order chi connectivity index (χ1) is 28.1. The molecule has 8 aromatic rings. The summed E-state index contributed by atoms with van der Waals surface area (Å²) in [6, 6.07) is 67.9. The zero-order chi connectivity index (χ0) is 39.2. The Kier molecular flexibility index (Phi) is 9.96. The van der Waals surface area contributed by atoms with Crippen LogP contribution in [0.1, 0.15) is 44.5 Å². The van der Waals surface area contributed by atoms with E-state index in [0.717, 1.165) is 89.0 Å². The van der Waals surface area contributed by atoms with E-state index in [1.54, 1.807) is 0 Å². The molecule has 0 aliphatic heterocycles. The molecule has 0 radical (unpaired) electrons. The third kappa shape index (κ3) is 6.61. The molecule has 0 heterocycles. The van der Waals surface area contributed by atoms with Gasteiger partial charge in [0.25, 0.3) is 0 Å². The van der Waals surface area contributed by atoms with Crippen molar-refractivity contribution in [1.82, 2.24) is 0 Å². The lowest BCUT2D eigenvalue weighted by Crippen LogP contribution is -2.32.